The second-order valence-electron chi connectivity index (χ2n) is 4.52. The maximum absolute atomic E-state index is 14.0. The van der Waals surface area contributed by atoms with E-state index in [1.807, 2.05) is 0 Å². The molecule has 1 rings (SSSR count). The zero-order valence-corrected chi connectivity index (χ0v) is 12.4. The van der Waals surface area contributed by atoms with Gasteiger partial charge in [-0.05, 0) is 12.1 Å². The summed E-state index contributed by atoms with van der Waals surface area (Å²) in [5.41, 5.74) is 5.23. The monoisotopic (exact) mass is 301 g/mol. The summed E-state index contributed by atoms with van der Waals surface area (Å²) in [7, 11) is 3.10. The first kappa shape index (κ1) is 16.3. The first-order chi connectivity index (χ1) is 9.29. The minimum atomic E-state index is -1.07. The third-order valence-corrected chi connectivity index (χ3v) is 3.20. The Bertz CT molecular complexity index is 537. The summed E-state index contributed by atoms with van der Waals surface area (Å²) in [4.78, 5) is 12.7. The standard InChI is InChI=1S/C13H17F2N3OS/c1-7(13(19)17-2)6-18(3)9-5-4-8(12(16)20)10(14)11(9)15/h4-5,7H,6H2,1-3H3,(H2,16,20)(H,17,19). The lowest BCUT2D eigenvalue weighted by Crippen LogP contribution is -2.34. The summed E-state index contributed by atoms with van der Waals surface area (Å²) in [6.45, 7) is 1.95. The Kier molecular flexibility index (Phi) is 5.38. The van der Waals surface area contributed by atoms with E-state index in [0.717, 1.165) is 0 Å². The highest BCUT2D eigenvalue weighted by molar-refractivity contribution is 7.80. The maximum Gasteiger partial charge on any atom is 0.224 e. The molecule has 0 bridgehead atoms. The quantitative estimate of drug-likeness (QED) is 0.808. The van der Waals surface area contributed by atoms with Crippen LogP contribution in [0.3, 0.4) is 0 Å². The van der Waals surface area contributed by atoms with Crippen LogP contribution >= 0.6 is 12.2 Å². The fourth-order valence-corrected chi connectivity index (χ4v) is 2.02. The van der Waals surface area contributed by atoms with Gasteiger partial charge in [-0.15, -0.1) is 0 Å². The molecule has 110 valence electrons. The minimum Gasteiger partial charge on any atom is -0.389 e. The van der Waals surface area contributed by atoms with Crippen LogP contribution in [0.15, 0.2) is 12.1 Å². The van der Waals surface area contributed by atoms with Gasteiger partial charge in [-0.3, -0.25) is 4.79 Å². The number of nitrogens with two attached hydrogens (primary N) is 1. The van der Waals surface area contributed by atoms with Crippen molar-refractivity contribution in [3.05, 3.63) is 29.3 Å². The molecule has 0 saturated carbocycles. The van der Waals surface area contributed by atoms with E-state index >= 15 is 0 Å². The molecule has 3 N–H and O–H groups in total. The first-order valence-corrected chi connectivity index (χ1v) is 6.41. The lowest BCUT2D eigenvalue weighted by Gasteiger charge is -2.23. The van der Waals surface area contributed by atoms with E-state index in [2.05, 4.69) is 17.5 Å². The molecule has 1 aromatic rings. The Balaban J connectivity index is 3.00. The van der Waals surface area contributed by atoms with E-state index in [1.165, 1.54) is 24.1 Å². The molecule has 0 aliphatic carbocycles. The van der Waals surface area contributed by atoms with Crippen LogP contribution in [0.5, 0.6) is 0 Å². The van der Waals surface area contributed by atoms with Gasteiger partial charge < -0.3 is 16.0 Å². The summed E-state index contributed by atoms with van der Waals surface area (Å²) in [6, 6.07) is 2.72. The maximum atomic E-state index is 14.0. The molecule has 0 fully saturated rings. The summed E-state index contributed by atoms with van der Waals surface area (Å²) in [5, 5.41) is 2.50. The SMILES string of the molecule is CNC(=O)C(C)CN(C)c1ccc(C(N)=S)c(F)c1F. The molecule has 7 heteroatoms. The molecule has 0 aliphatic heterocycles. The van der Waals surface area contributed by atoms with Crippen LogP contribution in [0.2, 0.25) is 0 Å². The van der Waals surface area contributed by atoms with Crippen molar-refractivity contribution in [3.63, 3.8) is 0 Å². The van der Waals surface area contributed by atoms with Gasteiger partial charge in [0, 0.05) is 26.2 Å². The summed E-state index contributed by atoms with van der Waals surface area (Å²) in [5.74, 6) is -2.63. The number of amides is 1. The van der Waals surface area contributed by atoms with Gasteiger partial charge in [0.2, 0.25) is 5.91 Å². The average molecular weight is 301 g/mol. The van der Waals surface area contributed by atoms with Gasteiger partial charge in [-0.25, -0.2) is 8.78 Å². The molecule has 0 aliphatic rings. The summed E-state index contributed by atoms with van der Waals surface area (Å²) >= 11 is 4.64. The number of hydrogen-bond donors (Lipinski definition) is 2. The molecule has 20 heavy (non-hydrogen) atoms. The highest BCUT2D eigenvalue weighted by Gasteiger charge is 2.20. The van der Waals surface area contributed by atoms with Crippen LogP contribution in [-0.2, 0) is 4.79 Å². The van der Waals surface area contributed by atoms with Crippen molar-refractivity contribution < 1.29 is 13.6 Å². The third-order valence-electron chi connectivity index (χ3n) is 2.98. The van der Waals surface area contributed by atoms with E-state index < -0.39 is 11.6 Å². The highest BCUT2D eigenvalue weighted by Crippen LogP contribution is 2.24. The van der Waals surface area contributed by atoms with Crippen molar-refractivity contribution in [2.24, 2.45) is 11.7 Å². The van der Waals surface area contributed by atoms with Crippen molar-refractivity contribution >= 4 is 28.8 Å². The Labute approximate surface area is 121 Å². The molecular weight excluding hydrogens is 284 g/mol. The predicted octanol–water partition coefficient (Wildman–Crippen LogP) is 1.42. The van der Waals surface area contributed by atoms with Gasteiger partial charge in [-0.2, -0.15) is 0 Å². The highest BCUT2D eigenvalue weighted by atomic mass is 32.1. The van der Waals surface area contributed by atoms with Crippen molar-refractivity contribution in [1.29, 1.82) is 0 Å². The zero-order valence-electron chi connectivity index (χ0n) is 11.5. The van der Waals surface area contributed by atoms with E-state index in [0.29, 0.717) is 0 Å². The van der Waals surface area contributed by atoms with Crippen LogP contribution in [-0.4, -0.2) is 31.5 Å². The van der Waals surface area contributed by atoms with Crippen LogP contribution in [0.4, 0.5) is 14.5 Å². The molecular formula is C13H17F2N3OS. The first-order valence-electron chi connectivity index (χ1n) is 6.00. The molecule has 1 amide bonds. The third kappa shape index (κ3) is 3.41. The molecule has 0 radical (unpaired) electrons. The number of benzene rings is 1. The average Bonchev–Trinajstić information content (AvgIpc) is 2.39. The fourth-order valence-electron chi connectivity index (χ4n) is 1.86. The molecule has 1 aromatic carbocycles. The van der Waals surface area contributed by atoms with E-state index in [-0.39, 0.29) is 34.6 Å². The Hall–Kier alpha value is -1.76. The van der Waals surface area contributed by atoms with Crippen LogP contribution in [0, 0.1) is 17.6 Å². The smallest absolute Gasteiger partial charge is 0.224 e. The van der Waals surface area contributed by atoms with E-state index in [9.17, 15) is 13.6 Å². The van der Waals surface area contributed by atoms with Gasteiger partial charge in [-0.1, -0.05) is 19.1 Å². The molecule has 0 spiro atoms. The largest absolute Gasteiger partial charge is 0.389 e. The molecule has 0 heterocycles. The topological polar surface area (TPSA) is 58.4 Å². The van der Waals surface area contributed by atoms with E-state index in [4.69, 9.17) is 5.73 Å². The van der Waals surface area contributed by atoms with Gasteiger partial charge in [0.25, 0.3) is 0 Å². The van der Waals surface area contributed by atoms with Crippen LogP contribution in [0.25, 0.3) is 0 Å². The number of nitrogens with one attached hydrogen (secondary N) is 1. The molecule has 4 nitrogen and oxygen atoms in total. The van der Waals surface area contributed by atoms with Gasteiger partial charge in [0.1, 0.15) is 4.99 Å². The second-order valence-corrected chi connectivity index (χ2v) is 4.96. The molecule has 1 atom stereocenters. The van der Waals surface area contributed by atoms with Gasteiger partial charge >= 0.3 is 0 Å². The molecule has 0 saturated heterocycles. The zero-order chi connectivity index (χ0) is 15.4. The lowest BCUT2D eigenvalue weighted by molar-refractivity contribution is -0.123. The number of carbonyl (C=O) groups excluding carboxylic acids is 1. The number of anilines is 1. The lowest BCUT2D eigenvalue weighted by atomic mass is 10.1. The van der Waals surface area contributed by atoms with Crippen molar-refractivity contribution in [1.82, 2.24) is 5.32 Å². The minimum absolute atomic E-state index is 0.0539. The number of carbonyl (C=O) groups is 1. The fraction of sp³-hybridized carbons (Fsp3) is 0.385. The number of nitrogens with zero attached hydrogens (tertiary/aromatic N) is 1. The second kappa shape index (κ2) is 6.60. The van der Waals surface area contributed by atoms with Gasteiger partial charge in [0.15, 0.2) is 11.6 Å². The molecule has 0 aromatic heterocycles. The van der Waals surface area contributed by atoms with Crippen molar-refractivity contribution in [2.45, 2.75) is 6.92 Å². The Morgan fingerprint density at radius 3 is 2.55 bits per heavy atom. The van der Waals surface area contributed by atoms with Crippen molar-refractivity contribution in [3.8, 4) is 0 Å². The Morgan fingerprint density at radius 2 is 2.05 bits per heavy atom. The van der Waals surface area contributed by atoms with Crippen LogP contribution in [0.1, 0.15) is 12.5 Å². The number of thiocarbonyl (C=S) groups is 1. The predicted molar refractivity (Wildman–Crippen MR) is 78.7 cm³/mol. The van der Waals surface area contributed by atoms with E-state index in [1.54, 1.807) is 14.0 Å². The van der Waals surface area contributed by atoms with Crippen LogP contribution < -0.4 is 16.0 Å². The van der Waals surface area contributed by atoms with Crippen molar-refractivity contribution in [2.75, 3.05) is 25.5 Å². The summed E-state index contributed by atoms with van der Waals surface area (Å²) in [6.07, 6.45) is 0. The normalized spacial score (nSPS) is 11.8. The van der Waals surface area contributed by atoms with Gasteiger partial charge in [0.05, 0.1) is 11.6 Å². The number of halogens is 2. The number of hydrogen-bond acceptors (Lipinski definition) is 3. The Morgan fingerprint density at radius 1 is 1.45 bits per heavy atom. The summed E-state index contributed by atoms with van der Waals surface area (Å²) < 4.78 is 27.8. The molecule has 1 unspecified atom stereocenters. The number of rotatable bonds is 5.